The fourth-order valence-electron chi connectivity index (χ4n) is 2.50. The van der Waals surface area contributed by atoms with Gasteiger partial charge in [0.15, 0.2) is 6.04 Å². The first-order chi connectivity index (χ1) is 11.0. The van der Waals surface area contributed by atoms with Crippen LogP contribution in [-0.2, 0) is 11.2 Å². The van der Waals surface area contributed by atoms with E-state index in [0.29, 0.717) is 0 Å². The lowest BCUT2D eigenvalue weighted by atomic mass is 10.1. The van der Waals surface area contributed by atoms with E-state index in [1.54, 1.807) is 0 Å². The number of hydrogen-bond donors (Lipinski definition) is 2. The maximum absolute atomic E-state index is 12.3. The van der Waals surface area contributed by atoms with Crippen molar-refractivity contribution in [3.05, 3.63) is 64.7 Å². The predicted octanol–water partition coefficient (Wildman–Crippen LogP) is 3.55. The van der Waals surface area contributed by atoms with Gasteiger partial charge in [-0.05, 0) is 50.1 Å². The molecule has 0 saturated heterocycles. The summed E-state index contributed by atoms with van der Waals surface area (Å²) in [5.74, 6) is 0.00289. The second-order valence-corrected chi connectivity index (χ2v) is 6.30. The van der Waals surface area contributed by atoms with Crippen LogP contribution in [0.1, 0.15) is 37.9 Å². The first-order valence-corrected chi connectivity index (χ1v) is 8.37. The number of amides is 1. The van der Waals surface area contributed by atoms with Crippen LogP contribution in [0.15, 0.2) is 48.5 Å². The molecule has 0 spiro atoms. The van der Waals surface area contributed by atoms with Gasteiger partial charge in [0.2, 0.25) is 0 Å². The van der Waals surface area contributed by atoms with Gasteiger partial charge in [-0.15, -0.1) is 0 Å². The van der Waals surface area contributed by atoms with Crippen molar-refractivity contribution >= 4 is 23.2 Å². The monoisotopic (exact) mass is 331 g/mol. The first-order valence-electron chi connectivity index (χ1n) is 8.00. The van der Waals surface area contributed by atoms with Crippen molar-refractivity contribution in [2.24, 2.45) is 0 Å². The van der Waals surface area contributed by atoms with Crippen LogP contribution in [-0.4, -0.2) is 11.9 Å². The van der Waals surface area contributed by atoms with Crippen molar-refractivity contribution < 1.29 is 10.1 Å². The lowest BCUT2D eigenvalue weighted by molar-refractivity contribution is -0.709. The number of halogens is 1. The van der Waals surface area contributed by atoms with Crippen molar-refractivity contribution in [2.75, 3.05) is 5.32 Å². The number of aryl methyl sites for hydroxylation is 1. The molecule has 0 aliphatic carbocycles. The fourth-order valence-corrected chi connectivity index (χ4v) is 2.70. The number of nitrogens with one attached hydrogen (secondary N) is 1. The molecular weight excluding hydrogens is 308 g/mol. The van der Waals surface area contributed by atoms with E-state index in [9.17, 15) is 4.79 Å². The number of carbonyl (C=O) groups is 1. The molecule has 1 amide bonds. The molecule has 0 bridgehead atoms. The van der Waals surface area contributed by atoms with Crippen molar-refractivity contribution in [3.8, 4) is 0 Å². The van der Waals surface area contributed by atoms with Crippen LogP contribution >= 0.6 is 11.6 Å². The molecule has 2 aromatic rings. The molecule has 2 atom stereocenters. The Balaban J connectivity index is 1.93. The lowest BCUT2D eigenvalue weighted by Crippen LogP contribution is -2.91. The van der Waals surface area contributed by atoms with E-state index in [1.165, 1.54) is 5.56 Å². The van der Waals surface area contributed by atoms with E-state index in [0.717, 1.165) is 22.7 Å². The highest BCUT2D eigenvalue weighted by Crippen LogP contribution is 2.15. The van der Waals surface area contributed by atoms with E-state index in [2.05, 4.69) is 19.2 Å². The maximum Gasteiger partial charge on any atom is 0.282 e. The normalized spacial score (nSPS) is 13.4. The zero-order valence-corrected chi connectivity index (χ0v) is 14.6. The van der Waals surface area contributed by atoms with Crippen LogP contribution in [0.3, 0.4) is 0 Å². The van der Waals surface area contributed by atoms with Gasteiger partial charge in [-0.25, -0.2) is 0 Å². The average Bonchev–Trinajstić information content (AvgIpc) is 2.55. The Kier molecular flexibility index (Phi) is 6.20. The topological polar surface area (TPSA) is 45.7 Å². The second-order valence-electron chi connectivity index (χ2n) is 5.86. The van der Waals surface area contributed by atoms with Gasteiger partial charge in [-0.3, -0.25) is 4.79 Å². The molecular formula is C19H24ClN2O+. The summed E-state index contributed by atoms with van der Waals surface area (Å²) < 4.78 is 0. The standard InChI is InChI=1S/C19H23ClN2O/c1-4-15-8-10-18(11-9-15)22-19(23)14(3)21-13(2)16-6-5-7-17(20)12-16/h5-14,21H,4H2,1-3H3,(H,22,23)/p+1/t13-,14-/m1/s1. The maximum atomic E-state index is 12.3. The highest BCUT2D eigenvalue weighted by molar-refractivity contribution is 6.30. The van der Waals surface area contributed by atoms with Gasteiger partial charge in [0.1, 0.15) is 6.04 Å². The van der Waals surface area contributed by atoms with Gasteiger partial charge in [0, 0.05) is 16.3 Å². The summed E-state index contributed by atoms with van der Waals surface area (Å²) in [6, 6.07) is 15.7. The van der Waals surface area contributed by atoms with Gasteiger partial charge in [0.25, 0.3) is 5.91 Å². The fraction of sp³-hybridized carbons (Fsp3) is 0.316. The van der Waals surface area contributed by atoms with E-state index in [4.69, 9.17) is 11.6 Å². The summed E-state index contributed by atoms with van der Waals surface area (Å²) in [5.41, 5.74) is 3.21. The number of benzene rings is 2. The summed E-state index contributed by atoms with van der Waals surface area (Å²) in [6.07, 6.45) is 0.996. The van der Waals surface area contributed by atoms with Crippen molar-refractivity contribution in [1.29, 1.82) is 0 Å². The predicted molar refractivity (Wildman–Crippen MR) is 95.7 cm³/mol. The number of rotatable bonds is 6. The third kappa shape index (κ3) is 5.08. The molecule has 0 aliphatic heterocycles. The van der Waals surface area contributed by atoms with Crippen LogP contribution in [0.2, 0.25) is 5.02 Å². The molecule has 23 heavy (non-hydrogen) atoms. The van der Waals surface area contributed by atoms with Crippen molar-refractivity contribution in [3.63, 3.8) is 0 Å². The Hall–Kier alpha value is -1.84. The molecule has 0 radical (unpaired) electrons. The Morgan fingerprint density at radius 3 is 2.48 bits per heavy atom. The largest absolute Gasteiger partial charge is 0.330 e. The zero-order valence-electron chi connectivity index (χ0n) is 13.8. The molecule has 2 aromatic carbocycles. The number of nitrogens with two attached hydrogens (primary N) is 1. The molecule has 0 saturated carbocycles. The first kappa shape index (κ1) is 17.5. The summed E-state index contributed by atoms with van der Waals surface area (Å²) >= 11 is 6.03. The van der Waals surface area contributed by atoms with E-state index in [1.807, 2.05) is 60.8 Å². The molecule has 3 nitrogen and oxygen atoms in total. The van der Waals surface area contributed by atoms with Crippen LogP contribution in [0, 0.1) is 0 Å². The van der Waals surface area contributed by atoms with Crippen molar-refractivity contribution in [2.45, 2.75) is 39.3 Å². The molecule has 0 fully saturated rings. The number of carbonyl (C=O) groups excluding carboxylic acids is 1. The summed E-state index contributed by atoms with van der Waals surface area (Å²) in [6.45, 7) is 6.10. The third-order valence-corrected chi connectivity index (χ3v) is 4.23. The Morgan fingerprint density at radius 1 is 1.17 bits per heavy atom. The lowest BCUT2D eigenvalue weighted by Gasteiger charge is -2.17. The van der Waals surface area contributed by atoms with Gasteiger partial charge >= 0.3 is 0 Å². The molecule has 122 valence electrons. The number of quaternary nitrogens is 1. The van der Waals surface area contributed by atoms with E-state index in [-0.39, 0.29) is 18.0 Å². The van der Waals surface area contributed by atoms with Gasteiger partial charge in [0.05, 0.1) is 0 Å². The quantitative estimate of drug-likeness (QED) is 0.835. The molecule has 0 aliphatic rings. The van der Waals surface area contributed by atoms with Crippen LogP contribution in [0.4, 0.5) is 5.69 Å². The van der Waals surface area contributed by atoms with E-state index < -0.39 is 0 Å². The van der Waals surface area contributed by atoms with E-state index >= 15 is 0 Å². The minimum atomic E-state index is -0.185. The molecule has 0 heterocycles. The number of anilines is 1. The SMILES string of the molecule is CCc1ccc(NC(=O)[C@@H](C)[NH2+][C@H](C)c2cccc(Cl)c2)cc1. The Labute approximate surface area is 143 Å². The Bertz CT molecular complexity index is 655. The second kappa shape index (κ2) is 8.14. The summed E-state index contributed by atoms with van der Waals surface area (Å²) in [7, 11) is 0. The molecule has 3 N–H and O–H groups in total. The molecule has 2 rings (SSSR count). The zero-order chi connectivity index (χ0) is 16.8. The highest BCUT2D eigenvalue weighted by Gasteiger charge is 2.20. The van der Waals surface area contributed by atoms with Crippen LogP contribution in [0.25, 0.3) is 0 Å². The third-order valence-electron chi connectivity index (χ3n) is 4.00. The summed E-state index contributed by atoms with van der Waals surface area (Å²) in [5, 5.41) is 5.73. The smallest absolute Gasteiger partial charge is 0.282 e. The van der Waals surface area contributed by atoms with Crippen LogP contribution in [0.5, 0.6) is 0 Å². The van der Waals surface area contributed by atoms with Crippen LogP contribution < -0.4 is 10.6 Å². The van der Waals surface area contributed by atoms with Crippen molar-refractivity contribution in [1.82, 2.24) is 0 Å². The molecule has 0 unspecified atom stereocenters. The highest BCUT2D eigenvalue weighted by atomic mass is 35.5. The molecule has 4 heteroatoms. The minimum Gasteiger partial charge on any atom is -0.330 e. The van der Waals surface area contributed by atoms with Gasteiger partial charge < -0.3 is 10.6 Å². The minimum absolute atomic E-state index is 0.00289. The van der Waals surface area contributed by atoms with Gasteiger partial charge in [-0.2, -0.15) is 0 Å². The average molecular weight is 332 g/mol. The van der Waals surface area contributed by atoms with Gasteiger partial charge in [-0.1, -0.05) is 42.8 Å². The number of hydrogen-bond acceptors (Lipinski definition) is 1. The Morgan fingerprint density at radius 2 is 1.87 bits per heavy atom. The molecule has 0 aromatic heterocycles. The summed E-state index contributed by atoms with van der Waals surface area (Å²) in [4.78, 5) is 12.3.